The van der Waals surface area contributed by atoms with Gasteiger partial charge in [-0.3, -0.25) is 14.7 Å². The van der Waals surface area contributed by atoms with Gasteiger partial charge in [0.25, 0.3) is 5.91 Å². The number of fused-ring (bicyclic) bond motifs is 1. The normalized spacial score (nSPS) is 18.1. The highest BCUT2D eigenvalue weighted by Gasteiger charge is 2.50. The Morgan fingerprint density at radius 1 is 1.18 bits per heavy atom. The van der Waals surface area contributed by atoms with Gasteiger partial charge in [0, 0.05) is 32.4 Å². The van der Waals surface area contributed by atoms with Crippen LogP contribution in [0.15, 0.2) is 65.3 Å². The summed E-state index contributed by atoms with van der Waals surface area (Å²) < 4.78 is 0.747. The van der Waals surface area contributed by atoms with Crippen LogP contribution < -0.4 is 0 Å². The molecule has 0 saturated carbocycles. The predicted molar refractivity (Wildman–Crippen MR) is 107 cm³/mol. The molecule has 1 aromatic heterocycles. The van der Waals surface area contributed by atoms with Gasteiger partial charge in [-0.05, 0) is 36.4 Å². The van der Waals surface area contributed by atoms with E-state index in [9.17, 15) is 9.90 Å². The van der Waals surface area contributed by atoms with E-state index in [0.29, 0.717) is 33.0 Å². The molecule has 138 valence electrons. The molecule has 0 radical (unpaired) electrons. The van der Waals surface area contributed by atoms with Crippen LogP contribution >= 0.6 is 27.5 Å². The first-order valence-corrected chi connectivity index (χ1v) is 9.56. The minimum absolute atomic E-state index is 0.0793. The molecule has 1 aliphatic heterocycles. The molecule has 4 rings (SSSR count). The third-order valence-electron chi connectivity index (χ3n) is 4.74. The average molecular weight is 455 g/mol. The zero-order valence-corrected chi connectivity index (χ0v) is 16.8. The number of carbonyl (C=O) groups excluding carboxylic acids is 1. The fourth-order valence-electron chi connectivity index (χ4n) is 3.36. The number of rotatable bonds is 3. The molecule has 1 aliphatic rings. The summed E-state index contributed by atoms with van der Waals surface area (Å²) in [6.45, 7) is 0.0793. The highest BCUT2D eigenvalue weighted by molar-refractivity contribution is 9.10. The number of hydrogen-bond acceptors (Lipinski definition) is 4. The number of carbonyl (C=O) groups is 1. The maximum atomic E-state index is 13.2. The van der Waals surface area contributed by atoms with Crippen molar-refractivity contribution in [2.75, 3.05) is 0 Å². The van der Waals surface area contributed by atoms with E-state index in [-0.39, 0.29) is 12.5 Å². The number of halogens is 2. The standard InChI is InChI=1S/C21H13BrClN3O2/c22-15-4-8-19-18(9-15)20(27)26(12-17-7-1-13(10-24)11-25-17)21(19,28)14-2-5-16(23)6-3-14/h1-9,11,28H,12H2. The lowest BCUT2D eigenvalue weighted by atomic mass is 9.94. The van der Waals surface area contributed by atoms with Crippen molar-refractivity contribution >= 4 is 33.4 Å². The largest absolute Gasteiger partial charge is 0.363 e. The Morgan fingerprint density at radius 2 is 1.93 bits per heavy atom. The third kappa shape index (κ3) is 2.98. The number of pyridine rings is 1. The van der Waals surface area contributed by atoms with Gasteiger partial charge in [0.05, 0.1) is 17.8 Å². The van der Waals surface area contributed by atoms with E-state index in [1.165, 1.54) is 11.1 Å². The van der Waals surface area contributed by atoms with Gasteiger partial charge in [-0.2, -0.15) is 5.26 Å². The molecule has 1 unspecified atom stereocenters. The minimum atomic E-state index is -1.66. The molecule has 0 fully saturated rings. The van der Waals surface area contributed by atoms with Gasteiger partial charge < -0.3 is 5.11 Å². The quantitative estimate of drug-likeness (QED) is 0.643. The first kappa shape index (κ1) is 18.6. The van der Waals surface area contributed by atoms with E-state index in [2.05, 4.69) is 20.9 Å². The Labute approximate surface area is 174 Å². The second kappa shape index (κ2) is 7.02. The molecule has 1 amide bonds. The number of nitrogens with zero attached hydrogens (tertiary/aromatic N) is 3. The minimum Gasteiger partial charge on any atom is -0.363 e. The lowest BCUT2D eigenvalue weighted by molar-refractivity contribution is -0.0547. The van der Waals surface area contributed by atoms with E-state index in [1.807, 2.05) is 6.07 Å². The van der Waals surface area contributed by atoms with Gasteiger partial charge in [-0.15, -0.1) is 0 Å². The van der Waals surface area contributed by atoms with Crippen molar-refractivity contribution in [2.45, 2.75) is 12.3 Å². The van der Waals surface area contributed by atoms with Gasteiger partial charge >= 0.3 is 0 Å². The Balaban J connectivity index is 1.84. The number of hydrogen-bond donors (Lipinski definition) is 1. The van der Waals surface area contributed by atoms with Crippen molar-refractivity contribution in [3.63, 3.8) is 0 Å². The number of aromatic nitrogens is 1. The first-order chi connectivity index (χ1) is 13.4. The summed E-state index contributed by atoms with van der Waals surface area (Å²) in [5.74, 6) is -0.306. The molecular formula is C21H13BrClN3O2. The summed E-state index contributed by atoms with van der Waals surface area (Å²) in [4.78, 5) is 18.8. The monoisotopic (exact) mass is 453 g/mol. The van der Waals surface area contributed by atoms with Crippen LogP contribution in [0.3, 0.4) is 0 Å². The van der Waals surface area contributed by atoms with E-state index in [1.54, 1.807) is 54.6 Å². The van der Waals surface area contributed by atoms with Gasteiger partial charge in [-0.1, -0.05) is 45.7 Å². The summed E-state index contributed by atoms with van der Waals surface area (Å²) in [5, 5.41) is 21.2. The number of amides is 1. The number of nitriles is 1. The van der Waals surface area contributed by atoms with Crippen LogP contribution in [0.4, 0.5) is 0 Å². The zero-order valence-electron chi connectivity index (χ0n) is 14.4. The lowest BCUT2D eigenvalue weighted by Gasteiger charge is -2.34. The third-order valence-corrected chi connectivity index (χ3v) is 5.49. The highest BCUT2D eigenvalue weighted by atomic mass is 79.9. The summed E-state index contributed by atoms with van der Waals surface area (Å²) >= 11 is 9.39. The highest BCUT2D eigenvalue weighted by Crippen LogP contribution is 2.44. The Morgan fingerprint density at radius 3 is 2.57 bits per heavy atom. The Kier molecular flexibility index (Phi) is 4.68. The van der Waals surface area contributed by atoms with Crippen LogP contribution in [0.1, 0.15) is 32.7 Å². The van der Waals surface area contributed by atoms with Crippen LogP contribution in [0.2, 0.25) is 5.02 Å². The van der Waals surface area contributed by atoms with E-state index >= 15 is 0 Å². The summed E-state index contributed by atoms with van der Waals surface area (Å²) in [5.41, 5.74) is 0.771. The fourth-order valence-corrected chi connectivity index (χ4v) is 3.85. The maximum Gasteiger partial charge on any atom is 0.257 e. The summed E-state index contributed by atoms with van der Waals surface area (Å²) in [6, 6.07) is 17.3. The van der Waals surface area contributed by atoms with Crippen molar-refractivity contribution in [3.8, 4) is 6.07 Å². The smallest absolute Gasteiger partial charge is 0.257 e. The summed E-state index contributed by atoms with van der Waals surface area (Å²) in [7, 11) is 0. The molecule has 5 nitrogen and oxygen atoms in total. The molecule has 0 aliphatic carbocycles. The van der Waals surface area contributed by atoms with E-state index < -0.39 is 5.72 Å². The molecule has 7 heteroatoms. The van der Waals surface area contributed by atoms with Crippen molar-refractivity contribution in [1.82, 2.24) is 9.88 Å². The Bertz CT molecular complexity index is 1110. The molecule has 0 spiro atoms. The van der Waals surface area contributed by atoms with Crippen LogP contribution in [-0.2, 0) is 12.3 Å². The molecule has 0 saturated heterocycles. The van der Waals surface area contributed by atoms with Crippen molar-refractivity contribution in [2.24, 2.45) is 0 Å². The van der Waals surface area contributed by atoms with Crippen LogP contribution in [0, 0.1) is 11.3 Å². The molecule has 1 N–H and O–H groups in total. The number of benzene rings is 2. The molecule has 0 bridgehead atoms. The summed E-state index contributed by atoms with van der Waals surface area (Å²) in [6.07, 6.45) is 1.45. The molecule has 28 heavy (non-hydrogen) atoms. The van der Waals surface area contributed by atoms with Crippen LogP contribution in [-0.4, -0.2) is 20.9 Å². The van der Waals surface area contributed by atoms with E-state index in [0.717, 1.165) is 4.47 Å². The van der Waals surface area contributed by atoms with Crippen LogP contribution in [0.25, 0.3) is 0 Å². The molecule has 3 aromatic rings. The van der Waals surface area contributed by atoms with Crippen LogP contribution in [0.5, 0.6) is 0 Å². The SMILES string of the molecule is N#Cc1ccc(CN2C(=O)c3cc(Br)ccc3C2(O)c2ccc(Cl)cc2)nc1. The van der Waals surface area contributed by atoms with E-state index in [4.69, 9.17) is 16.9 Å². The van der Waals surface area contributed by atoms with Gasteiger partial charge in [0.2, 0.25) is 0 Å². The second-order valence-corrected chi connectivity index (χ2v) is 7.76. The van der Waals surface area contributed by atoms with Gasteiger partial charge in [0.1, 0.15) is 6.07 Å². The van der Waals surface area contributed by atoms with Crippen molar-refractivity contribution in [1.29, 1.82) is 5.26 Å². The average Bonchev–Trinajstić information content (AvgIpc) is 2.91. The molecule has 1 atom stereocenters. The first-order valence-electron chi connectivity index (χ1n) is 8.39. The fraction of sp³-hybridized carbons (Fsp3) is 0.0952. The lowest BCUT2D eigenvalue weighted by Crippen LogP contribution is -2.44. The van der Waals surface area contributed by atoms with Crippen molar-refractivity contribution in [3.05, 3.63) is 98.2 Å². The van der Waals surface area contributed by atoms with Crippen molar-refractivity contribution < 1.29 is 9.90 Å². The topological polar surface area (TPSA) is 77.2 Å². The Hall–Kier alpha value is -2.72. The number of aliphatic hydroxyl groups is 1. The van der Waals surface area contributed by atoms with Gasteiger partial charge in [0.15, 0.2) is 5.72 Å². The van der Waals surface area contributed by atoms with Gasteiger partial charge in [-0.25, -0.2) is 0 Å². The molecule has 2 aromatic carbocycles. The predicted octanol–water partition coefficient (Wildman–Crippen LogP) is 4.22. The maximum absolute atomic E-state index is 13.2. The zero-order chi connectivity index (χ0) is 19.9. The molecule has 2 heterocycles. The second-order valence-electron chi connectivity index (χ2n) is 6.41. The molecular weight excluding hydrogens is 442 g/mol.